The molecule has 65 heavy (non-hydrogen) atoms. The minimum Gasteiger partial charge on any atom is -0.462 e. The van der Waals surface area contributed by atoms with Crippen molar-refractivity contribution in [1.29, 1.82) is 0 Å². The molecule has 0 rings (SSSR count). The maximum Gasteiger partial charge on any atom is 0.306 e. The van der Waals surface area contributed by atoms with Crippen LogP contribution in [0.15, 0.2) is 48.6 Å². The van der Waals surface area contributed by atoms with Crippen LogP contribution in [-0.4, -0.2) is 46.9 Å². The molecule has 3 atom stereocenters. The molecule has 0 aromatic rings. The molecule has 0 aliphatic carbocycles. The smallest absolute Gasteiger partial charge is 0.306 e. The maximum atomic E-state index is 13.2. The van der Waals surface area contributed by atoms with Crippen LogP contribution in [0.1, 0.15) is 290 Å². The van der Waals surface area contributed by atoms with Crippen molar-refractivity contribution in [3.05, 3.63) is 48.6 Å². The molecule has 6 nitrogen and oxygen atoms in total. The third kappa shape index (κ3) is 48.1. The summed E-state index contributed by atoms with van der Waals surface area (Å²) in [4.78, 5) is 26.2. The third-order valence-corrected chi connectivity index (χ3v) is 12.9. The van der Waals surface area contributed by atoms with Crippen LogP contribution in [0.4, 0.5) is 0 Å². The first-order valence-electron chi connectivity index (χ1n) is 28.4. The second kappa shape index (κ2) is 52.8. The Morgan fingerprint density at radius 2 is 0.815 bits per heavy atom. The van der Waals surface area contributed by atoms with Gasteiger partial charge in [-0.25, -0.2) is 0 Å². The first kappa shape index (κ1) is 62.8. The quantitative estimate of drug-likeness (QED) is 0.0245. The lowest BCUT2D eigenvalue weighted by atomic mass is 10.0. The molecule has 0 fully saturated rings. The molecule has 0 radical (unpaired) electrons. The van der Waals surface area contributed by atoms with Crippen molar-refractivity contribution in [2.45, 2.75) is 309 Å². The van der Waals surface area contributed by atoms with Gasteiger partial charge < -0.3 is 20.3 Å². The Bertz CT molecular complexity index is 1110. The molecule has 0 aliphatic heterocycles. The standard InChI is InChI=1S/C59H109NO5/c1-4-7-10-13-16-19-22-25-27-29-30-32-34-37-40-43-46-49-52-59(64)65-55(50-47-44-41-38-35-24-21-18-15-12-9-6-3)53-58(63)60-56(54-61)57(62)51-48-45-42-39-36-33-31-28-26-23-20-17-14-11-8-5-2/h22,25,27,29-30,32,38,41,55-57,61-62H,4-21,23-24,26,28,31,33-37,39-40,42-54H2,1-3H3,(H,60,63)/b25-22+,29-27+,32-30+,41-38-. The van der Waals surface area contributed by atoms with Gasteiger partial charge in [0.15, 0.2) is 0 Å². The van der Waals surface area contributed by atoms with Gasteiger partial charge in [-0.15, -0.1) is 0 Å². The lowest BCUT2D eigenvalue weighted by Gasteiger charge is -2.24. The predicted molar refractivity (Wildman–Crippen MR) is 282 cm³/mol. The van der Waals surface area contributed by atoms with E-state index in [4.69, 9.17) is 4.74 Å². The molecule has 6 heteroatoms. The van der Waals surface area contributed by atoms with Gasteiger partial charge >= 0.3 is 5.97 Å². The van der Waals surface area contributed by atoms with Gasteiger partial charge in [0, 0.05) is 6.42 Å². The Morgan fingerprint density at radius 1 is 0.446 bits per heavy atom. The van der Waals surface area contributed by atoms with E-state index in [0.717, 1.165) is 77.0 Å². The van der Waals surface area contributed by atoms with Crippen LogP contribution < -0.4 is 5.32 Å². The van der Waals surface area contributed by atoms with E-state index in [-0.39, 0.29) is 24.9 Å². The van der Waals surface area contributed by atoms with Crippen LogP contribution in [0.2, 0.25) is 0 Å². The highest BCUT2D eigenvalue weighted by atomic mass is 16.5. The highest BCUT2D eigenvalue weighted by molar-refractivity contribution is 5.77. The molecular weight excluding hydrogens is 803 g/mol. The maximum absolute atomic E-state index is 13.2. The number of esters is 1. The average Bonchev–Trinajstić information content (AvgIpc) is 3.30. The van der Waals surface area contributed by atoms with E-state index in [9.17, 15) is 19.8 Å². The van der Waals surface area contributed by atoms with Crippen molar-refractivity contribution < 1.29 is 24.5 Å². The Kier molecular flexibility index (Phi) is 51.0. The van der Waals surface area contributed by atoms with E-state index in [1.54, 1.807) is 0 Å². The van der Waals surface area contributed by atoms with Gasteiger partial charge in [0.25, 0.3) is 0 Å². The van der Waals surface area contributed by atoms with Crippen molar-refractivity contribution in [3.8, 4) is 0 Å². The number of carbonyl (C=O) groups is 2. The van der Waals surface area contributed by atoms with Crippen molar-refractivity contribution in [2.75, 3.05) is 6.61 Å². The molecule has 0 bridgehead atoms. The zero-order valence-corrected chi connectivity index (χ0v) is 43.4. The number of amides is 1. The number of rotatable bonds is 51. The van der Waals surface area contributed by atoms with Crippen LogP contribution in [0.25, 0.3) is 0 Å². The van der Waals surface area contributed by atoms with Crippen LogP contribution in [-0.2, 0) is 14.3 Å². The number of nitrogens with one attached hydrogen (secondary N) is 1. The van der Waals surface area contributed by atoms with E-state index < -0.39 is 18.2 Å². The summed E-state index contributed by atoms with van der Waals surface area (Å²) in [5.41, 5.74) is 0. The highest BCUT2D eigenvalue weighted by Gasteiger charge is 2.24. The van der Waals surface area contributed by atoms with E-state index >= 15 is 0 Å². The van der Waals surface area contributed by atoms with Gasteiger partial charge in [0.2, 0.25) is 5.91 Å². The van der Waals surface area contributed by atoms with E-state index in [0.29, 0.717) is 19.3 Å². The van der Waals surface area contributed by atoms with Crippen molar-refractivity contribution in [1.82, 2.24) is 5.32 Å². The average molecular weight is 913 g/mol. The zero-order valence-electron chi connectivity index (χ0n) is 43.4. The molecular formula is C59H109NO5. The molecule has 3 unspecified atom stereocenters. The first-order chi connectivity index (χ1) is 32.0. The lowest BCUT2D eigenvalue weighted by molar-refractivity contribution is -0.151. The second-order valence-electron chi connectivity index (χ2n) is 19.4. The molecule has 0 saturated heterocycles. The van der Waals surface area contributed by atoms with Gasteiger partial charge in [-0.05, 0) is 70.6 Å². The summed E-state index contributed by atoms with van der Waals surface area (Å²) in [6.07, 6.45) is 64.6. The first-order valence-corrected chi connectivity index (χ1v) is 28.4. The van der Waals surface area contributed by atoms with Gasteiger partial charge in [0.05, 0.1) is 25.2 Å². The Morgan fingerprint density at radius 3 is 1.25 bits per heavy atom. The fourth-order valence-electron chi connectivity index (χ4n) is 8.61. The summed E-state index contributed by atoms with van der Waals surface area (Å²) in [6, 6.07) is -0.714. The minimum absolute atomic E-state index is 0.0495. The highest BCUT2D eigenvalue weighted by Crippen LogP contribution is 2.18. The van der Waals surface area contributed by atoms with Gasteiger partial charge in [-0.1, -0.05) is 256 Å². The van der Waals surface area contributed by atoms with Crippen LogP contribution >= 0.6 is 0 Å². The number of ether oxygens (including phenoxy) is 1. The number of allylic oxidation sites excluding steroid dienone is 8. The van der Waals surface area contributed by atoms with Crippen molar-refractivity contribution in [3.63, 3.8) is 0 Å². The molecule has 0 aromatic carbocycles. The molecule has 3 N–H and O–H groups in total. The molecule has 0 saturated carbocycles. The lowest BCUT2D eigenvalue weighted by Crippen LogP contribution is -2.46. The number of unbranched alkanes of at least 4 members (excludes halogenated alkanes) is 33. The number of hydrogen-bond acceptors (Lipinski definition) is 5. The predicted octanol–water partition coefficient (Wildman–Crippen LogP) is 17.4. The summed E-state index contributed by atoms with van der Waals surface area (Å²) in [5, 5.41) is 23.8. The summed E-state index contributed by atoms with van der Waals surface area (Å²) < 4.78 is 5.92. The fraction of sp³-hybridized carbons (Fsp3) is 0.831. The SMILES string of the molecule is CCCCCCC/C=C/C=C/C=C/CCCCCCCC(=O)OC(CCC/C=C\CCCCCCCCC)CC(=O)NC(CO)C(O)CCCCCCCCCCCCCCCCCC. The van der Waals surface area contributed by atoms with Gasteiger partial charge in [-0.3, -0.25) is 9.59 Å². The Labute approximate surface area is 404 Å². The zero-order chi connectivity index (χ0) is 47.4. The molecule has 380 valence electrons. The van der Waals surface area contributed by atoms with E-state index in [1.165, 1.54) is 167 Å². The van der Waals surface area contributed by atoms with E-state index in [1.807, 2.05) is 0 Å². The largest absolute Gasteiger partial charge is 0.462 e. The second-order valence-corrected chi connectivity index (χ2v) is 19.4. The molecule has 0 aromatic heterocycles. The van der Waals surface area contributed by atoms with Crippen LogP contribution in [0.5, 0.6) is 0 Å². The fourth-order valence-corrected chi connectivity index (χ4v) is 8.61. The molecule has 0 aliphatic rings. The van der Waals surface area contributed by atoms with Crippen molar-refractivity contribution >= 4 is 11.9 Å². The normalized spacial score (nSPS) is 13.5. The number of aliphatic hydroxyl groups is 2. The summed E-state index contributed by atoms with van der Waals surface area (Å²) in [7, 11) is 0. The van der Waals surface area contributed by atoms with Crippen LogP contribution in [0, 0.1) is 0 Å². The Hall–Kier alpha value is -2.18. The summed E-state index contributed by atoms with van der Waals surface area (Å²) in [6.45, 7) is 6.47. The monoisotopic (exact) mass is 912 g/mol. The van der Waals surface area contributed by atoms with E-state index in [2.05, 4.69) is 74.7 Å². The topological polar surface area (TPSA) is 95.9 Å². The molecule has 0 spiro atoms. The van der Waals surface area contributed by atoms with Crippen molar-refractivity contribution in [2.24, 2.45) is 0 Å². The molecule has 1 amide bonds. The number of aliphatic hydroxyl groups excluding tert-OH is 2. The Balaban J connectivity index is 4.55. The number of hydrogen-bond donors (Lipinski definition) is 3. The molecule has 0 heterocycles. The summed E-state index contributed by atoms with van der Waals surface area (Å²) >= 11 is 0. The van der Waals surface area contributed by atoms with Gasteiger partial charge in [-0.2, -0.15) is 0 Å². The van der Waals surface area contributed by atoms with Crippen LogP contribution in [0.3, 0.4) is 0 Å². The summed E-state index contributed by atoms with van der Waals surface area (Å²) in [5.74, 6) is -0.517. The van der Waals surface area contributed by atoms with Gasteiger partial charge in [0.1, 0.15) is 6.10 Å². The minimum atomic E-state index is -0.798. The third-order valence-electron chi connectivity index (χ3n) is 12.9. The number of carbonyl (C=O) groups excluding carboxylic acids is 2.